The monoisotopic (exact) mass is 430 g/mol. The molecule has 0 aliphatic heterocycles. The Hall–Kier alpha value is -2.51. The lowest BCUT2D eigenvalue weighted by Crippen LogP contribution is -2.28. The fourth-order valence-corrected chi connectivity index (χ4v) is 3.98. The van der Waals surface area contributed by atoms with E-state index in [1.165, 1.54) is 11.8 Å². The molecule has 2 aromatic carbocycles. The number of thioether (sulfide) groups is 1. The molecule has 3 aromatic rings. The average molecular weight is 431 g/mol. The molecule has 0 saturated carbocycles. The molecular weight excluding hydrogens is 408 g/mol. The number of aromatic nitrogens is 3. The van der Waals surface area contributed by atoms with Crippen LogP contribution < -0.4 is 4.74 Å². The third kappa shape index (κ3) is 5.10. The van der Waals surface area contributed by atoms with Gasteiger partial charge in [0.1, 0.15) is 5.75 Å². The van der Waals surface area contributed by atoms with E-state index in [0.717, 1.165) is 27.9 Å². The van der Waals surface area contributed by atoms with Crippen molar-refractivity contribution in [3.05, 3.63) is 59.1 Å². The summed E-state index contributed by atoms with van der Waals surface area (Å²) in [5.74, 6) is 1.84. The zero-order chi connectivity index (χ0) is 20.8. The first-order chi connectivity index (χ1) is 14.0. The summed E-state index contributed by atoms with van der Waals surface area (Å²) in [6.07, 6.45) is 0. The second kappa shape index (κ2) is 9.80. The second-order valence-electron chi connectivity index (χ2n) is 6.41. The molecule has 0 aliphatic carbocycles. The number of ether oxygens (including phenoxy) is 1. The van der Waals surface area contributed by atoms with Crippen LogP contribution in [0.5, 0.6) is 5.75 Å². The Labute approximate surface area is 179 Å². The topological polar surface area (TPSA) is 60.2 Å². The van der Waals surface area contributed by atoms with Crippen molar-refractivity contribution < 1.29 is 9.53 Å². The van der Waals surface area contributed by atoms with Crippen LogP contribution in [-0.2, 0) is 17.9 Å². The third-order valence-electron chi connectivity index (χ3n) is 4.49. The summed E-state index contributed by atoms with van der Waals surface area (Å²) < 4.78 is 7.37. The summed E-state index contributed by atoms with van der Waals surface area (Å²) >= 11 is 7.36. The standard InChI is InChI=1S/C21H23ClN4O2S/c1-4-26-20(15-9-11-17(22)12-10-15)23-24-21(26)29-14-19(27)25(2)13-16-7-5-6-8-18(16)28-3/h5-12H,4,13-14H2,1-3H3. The molecule has 1 heterocycles. The van der Waals surface area contributed by atoms with Gasteiger partial charge in [-0.05, 0) is 37.3 Å². The van der Waals surface area contributed by atoms with E-state index < -0.39 is 0 Å². The summed E-state index contributed by atoms with van der Waals surface area (Å²) in [7, 11) is 3.42. The maximum atomic E-state index is 12.6. The number of carbonyl (C=O) groups excluding carboxylic acids is 1. The van der Waals surface area contributed by atoms with Gasteiger partial charge in [-0.2, -0.15) is 0 Å². The molecule has 0 radical (unpaired) electrons. The van der Waals surface area contributed by atoms with Crippen molar-refractivity contribution >= 4 is 29.3 Å². The Morgan fingerprint density at radius 3 is 2.59 bits per heavy atom. The highest BCUT2D eigenvalue weighted by atomic mass is 35.5. The van der Waals surface area contributed by atoms with Crippen LogP contribution in [0, 0.1) is 0 Å². The van der Waals surface area contributed by atoms with Crippen molar-refractivity contribution in [1.82, 2.24) is 19.7 Å². The van der Waals surface area contributed by atoms with Gasteiger partial charge in [-0.1, -0.05) is 41.6 Å². The number of carbonyl (C=O) groups is 1. The fraction of sp³-hybridized carbons (Fsp3) is 0.286. The Bertz CT molecular complexity index is 975. The molecule has 1 aromatic heterocycles. The summed E-state index contributed by atoms with van der Waals surface area (Å²) in [5.41, 5.74) is 1.91. The Kier molecular flexibility index (Phi) is 7.17. The molecule has 3 rings (SSSR count). The van der Waals surface area contributed by atoms with Crippen molar-refractivity contribution in [3.63, 3.8) is 0 Å². The number of methoxy groups -OCH3 is 1. The Morgan fingerprint density at radius 2 is 1.90 bits per heavy atom. The van der Waals surface area contributed by atoms with Gasteiger partial charge in [0, 0.05) is 36.3 Å². The number of hydrogen-bond donors (Lipinski definition) is 0. The minimum atomic E-state index is 0.0135. The van der Waals surface area contributed by atoms with Gasteiger partial charge in [0.05, 0.1) is 12.9 Å². The van der Waals surface area contributed by atoms with Crippen LogP contribution >= 0.6 is 23.4 Å². The normalized spacial score (nSPS) is 10.8. The summed E-state index contributed by atoms with van der Waals surface area (Å²) in [5, 5.41) is 9.98. The first kappa shape index (κ1) is 21.2. The van der Waals surface area contributed by atoms with E-state index in [2.05, 4.69) is 10.2 Å². The summed E-state index contributed by atoms with van der Waals surface area (Å²) in [4.78, 5) is 14.3. The van der Waals surface area contributed by atoms with Crippen LogP contribution in [0.1, 0.15) is 12.5 Å². The quantitative estimate of drug-likeness (QED) is 0.496. The number of nitrogens with zero attached hydrogens (tertiary/aromatic N) is 4. The summed E-state index contributed by atoms with van der Waals surface area (Å²) in [6.45, 7) is 3.22. The lowest BCUT2D eigenvalue weighted by molar-refractivity contribution is -0.127. The molecule has 0 unspecified atom stereocenters. The van der Waals surface area contributed by atoms with Gasteiger partial charge in [0.15, 0.2) is 11.0 Å². The molecule has 8 heteroatoms. The Balaban J connectivity index is 1.66. The molecule has 6 nitrogen and oxygen atoms in total. The lowest BCUT2D eigenvalue weighted by Gasteiger charge is -2.18. The highest BCUT2D eigenvalue weighted by Gasteiger charge is 2.17. The van der Waals surface area contributed by atoms with Crippen LogP contribution in [0.3, 0.4) is 0 Å². The van der Waals surface area contributed by atoms with Crippen LogP contribution in [0.2, 0.25) is 5.02 Å². The highest BCUT2D eigenvalue weighted by molar-refractivity contribution is 7.99. The van der Waals surface area contributed by atoms with Gasteiger partial charge in [-0.3, -0.25) is 4.79 Å². The van der Waals surface area contributed by atoms with E-state index in [1.807, 2.05) is 60.0 Å². The van der Waals surface area contributed by atoms with Crippen molar-refractivity contribution in [2.24, 2.45) is 0 Å². The minimum Gasteiger partial charge on any atom is -0.496 e. The zero-order valence-corrected chi connectivity index (χ0v) is 18.2. The fourth-order valence-electron chi connectivity index (χ4n) is 2.91. The van der Waals surface area contributed by atoms with Crippen LogP contribution in [0.15, 0.2) is 53.7 Å². The number of benzene rings is 2. The molecule has 0 aliphatic rings. The lowest BCUT2D eigenvalue weighted by atomic mass is 10.2. The molecule has 29 heavy (non-hydrogen) atoms. The predicted octanol–water partition coefficient (Wildman–Crippen LogP) is 4.38. The van der Waals surface area contributed by atoms with E-state index in [1.54, 1.807) is 19.1 Å². The van der Waals surface area contributed by atoms with Crippen LogP contribution in [-0.4, -0.2) is 45.5 Å². The van der Waals surface area contributed by atoms with Gasteiger partial charge in [-0.15, -0.1) is 10.2 Å². The van der Waals surface area contributed by atoms with Crippen molar-refractivity contribution in [2.45, 2.75) is 25.2 Å². The Morgan fingerprint density at radius 1 is 1.17 bits per heavy atom. The van der Waals surface area contributed by atoms with E-state index in [0.29, 0.717) is 18.1 Å². The van der Waals surface area contributed by atoms with Gasteiger partial charge < -0.3 is 14.2 Å². The van der Waals surface area contributed by atoms with Gasteiger partial charge in [0.25, 0.3) is 0 Å². The van der Waals surface area contributed by atoms with E-state index in [9.17, 15) is 4.79 Å². The highest BCUT2D eigenvalue weighted by Crippen LogP contribution is 2.25. The zero-order valence-electron chi connectivity index (χ0n) is 16.6. The SMILES string of the molecule is CCn1c(SCC(=O)N(C)Cc2ccccc2OC)nnc1-c1ccc(Cl)cc1. The maximum absolute atomic E-state index is 12.6. The molecule has 1 amide bonds. The first-order valence-corrected chi connectivity index (χ1v) is 10.6. The summed E-state index contributed by atoms with van der Waals surface area (Å²) in [6, 6.07) is 15.2. The van der Waals surface area contributed by atoms with E-state index in [-0.39, 0.29) is 11.7 Å². The van der Waals surface area contributed by atoms with Gasteiger partial charge in [-0.25, -0.2) is 0 Å². The van der Waals surface area contributed by atoms with Crippen molar-refractivity contribution in [1.29, 1.82) is 0 Å². The average Bonchev–Trinajstić information content (AvgIpc) is 3.15. The van der Waals surface area contributed by atoms with Gasteiger partial charge in [0.2, 0.25) is 5.91 Å². The number of para-hydroxylation sites is 1. The van der Waals surface area contributed by atoms with Crippen LogP contribution in [0.25, 0.3) is 11.4 Å². The molecule has 0 N–H and O–H groups in total. The first-order valence-electron chi connectivity index (χ1n) is 9.21. The molecule has 0 bridgehead atoms. The number of hydrogen-bond acceptors (Lipinski definition) is 5. The smallest absolute Gasteiger partial charge is 0.233 e. The van der Waals surface area contributed by atoms with E-state index >= 15 is 0 Å². The maximum Gasteiger partial charge on any atom is 0.233 e. The number of rotatable bonds is 8. The van der Waals surface area contributed by atoms with E-state index in [4.69, 9.17) is 16.3 Å². The molecule has 0 atom stereocenters. The minimum absolute atomic E-state index is 0.0135. The van der Waals surface area contributed by atoms with Crippen LogP contribution in [0.4, 0.5) is 0 Å². The molecule has 0 fully saturated rings. The number of halogens is 1. The molecular formula is C21H23ClN4O2S. The van der Waals surface area contributed by atoms with Crippen molar-refractivity contribution in [2.75, 3.05) is 19.9 Å². The molecule has 152 valence electrons. The molecule has 0 spiro atoms. The number of amides is 1. The van der Waals surface area contributed by atoms with Gasteiger partial charge >= 0.3 is 0 Å². The second-order valence-corrected chi connectivity index (χ2v) is 7.79. The predicted molar refractivity (Wildman–Crippen MR) is 116 cm³/mol. The third-order valence-corrected chi connectivity index (χ3v) is 5.69. The molecule has 0 saturated heterocycles. The van der Waals surface area contributed by atoms with Crippen molar-refractivity contribution in [3.8, 4) is 17.1 Å². The largest absolute Gasteiger partial charge is 0.496 e.